The summed E-state index contributed by atoms with van der Waals surface area (Å²) in [7, 11) is 1.66. The van der Waals surface area contributed by atoms with Crippen molar-refractivity contribution < 1.29 is 4.74 Å². The first kappa shape index (κ1) is 13.9. The van der Waals surface area contributed by atoms with Crippen LogP contribution in [0.25, 0.3) is 0 Å². The van der Waals surface area contributed by atoms with Crippen molar-refractivity contribution in [1.29, 1.82) is 0 Å². The van der Waals surface area contributed by atoms with Gasteiger partial charge in [0, 0.05) is 12.6 Å². The van der Waals surface area contributed by atoms with E-state index in [-0.39, 0.29) is 0 Å². The third-order valence-corrected chi connectivity index (χ3v) is 3.59. The number of rotatable bonds is 6. The maximum absolute atomic E-state index is 5.46. The first-order valence-electron chi connectivity index (χ1n) is 7.14. The lowest BCUT2D eigenvalue weighted by molar-refractivity contribution is 0.414. The molecule has 1 aromatic heterocycles. The molecule has 1 heterocycles. The predicted octanol–water partition coefficient (Wildman–Crippen LogP) is 2.91. The van der Waals surface area contributed by atoms with E-state index in [4.69, 9.17) is 4.74 Å². The van der Waals surface area contributed by atoms with Crippen molar-refractivity contribution in [2.24, 2.45) is 5.92 Å². The molecule has 1 aromatic rings. The summed E-state index contributed by atoms with van der Waals surface area (Å²) in [5.74, 6) is 3.08. The van der Waals surface area contributed by atoms with Gasteiger partial charge in [0.25, 0.3) is 0 Å². The topological polar surface area (TPSA) is 59.1 Å². The highest BCUT2D eigenvalue weighted by molar-refractivity contribution is 5.63. The van der Waals surface area contributed by atoms with Crippen molar-refractivity contribution in [1.82, 2.24) is 9.97 Å². The Kier molecular flexibility index (Phi) is 4.82. The van der Waals surface area contributed by atoms with Gasteiger partial charge in [0.05, 0.1) is 7.11 Å². The van der Waals surface area contributed by atoms with E-state index in [0.717, 1.165) is 36.3 Å². The van der Waals surface area contributed by atoms with Gasteiger partial charge < -0.3 is 15.4 Å². The summed E-state index contributed by atoms with van der Waals surface area (Å²) in [5, 5.41) is 6.76. The minimum absolute atomic E-state index is 0.498. The number of hydrogen-bond acceptors (Lipinski definition) is 5. The Hall–Kier alpha value is -1.52. The number of nitrogens with zero attached hydrogens (tertiary/aromatic N) is 2. The van der Waals surface area contributed by atoms with Gasteiger partial charge in [-0.2, -0.15) is 0 Å². The van der Waals surface area contributed by atoms with Gasteiger partial charge >= 0.3 is 0 Å². The lowest BCUT2D eigenvalue weighted by Crippen LogP contribution is -2.18. The molecule has 0 bridgehead atoms. The summed E-state index contributed by atoms with van der Waals surface area (Å²) in [6, 6.07) is 0.498. The SMILES string of the molecule is CCCNc1ncnc(NC2CCC(C)C2)c1OC. The minimum atomic E-state index is 0.498. The predicted molar refractivity (Wildman–Crippen MR) is 77.8 cm³/mol. The highest BCUT2D eigenvalue weighted by Crippen LogP contribution is 2.33. The third-order valence-electron chi connectivity index (χ3n) is 3.59. The maximum atomic E-state index is 5.46. The highest BCUT2D eigenvalue weighted by Gasteiger charge is 2.23. The Morgan fingerprint density at radius 2 is 2.11 bits per heavy atom. The van der Waals surface area contributed by atoms with Crippen molar-refractivity contribution in [3.8, 4) is 5.75 Å². The number of ether oxygens (including phenoxy) is 1. The molecule has 0 radical (unpaired) electrons. The maximum Gasteiger partial charge on any atom is 0.204 e. The van der Waals surface area contributed by atoms with Crippen molar-refractivity contribution in [2.45, 2.75) is 45.6 Å². The molecule has 19 heavy (non-hydrogen) atoms. The Labute approximate surface area is 115 Å². The molecule has 2 rings (SSSR count). The largest absolute Gasteiger partial charge is 0.490 e. The fourth-order valence-corrected chi connectivity index (χ4v) is 2.57. The lowest BCUT2D eigenvalue weighted by Gasteiger charge is -2.17. The van der Waals surface area contributed by atoms with E-state index in [2.05, 4.69) is 34.4 Å². The molecule has 0 saturated heterocycles. The van der Waals surface area contributed by atoms with Crippen LogP contribution in [0.5, 0.6) is 5.75 Å². The van der Waals surface area contributed by atoms with Gasteiger partial charge in [-0.3, -0.25) is 0 Å². The van der Waals surface area contributed by atoms with Crippen LogP contribution in [-0.2, 0) is 0 Å². The molecule has 2 unspecified atom stereocenters. The van der Waals surface area contributed by atoms with Crippen LogP contribution in [0, 0.1) is 5.92 Å². The molecule has 1 aliphatic rings. The zero-order valence-corrected chi connectivity index (χ0v) is 12.1. The van der Waals surface area contributed by atoms with Crippen LogP contribution >= 0.6 is 0 Å². The lowest BCUT2D eigenvalue weighted by atomic mass is 10.1. The van der Waals surface area contributed by atoms with E-state index in [1.807, 2.05) is 0 Å². The third kappa shape index (κ3) is 3.49. The molecule has 0 aliphatic heterocycles. The molecule has 1 saturated carbocycles. The molecule has 0 spiro atoms. The molecule has 0 aromatic carbocycles. The number of anilines is 2. The number of methoxy groups -OCH3 is 1. The fourth-order valence-electron chi connectivity index (χ4n) is 2.57. The summed E-state index contributed by atoms with van der Waals surface area (Å²) < 4.78 is 5.46. The van der Waals surface area contributed by atoms with Crippen LogP contribution in [0.15, 0.2) is 6.33 Å². The summed E-state index contributed by atoms with van der Waals surface area (Å²) in [4.78, 5) is 8.57. The number of aromatic nitrogens is 2. The van der Waals surface area contributed by atoms with Crippen LogP contribution in [0.1, 0.15) is 39.5 Å². The standard InChI is InChI=1S/C14H24N4O/c1-4-7-15-13-12(19-3)14(17-9-16-13)18-11-6-5-10(2)8-11/h9-11H,4-8H2,1-3H3,(H2,15,16,17,18). The Bertz CT molecular complexity index is 410. The van der Waals surface area contributed by atoms with Crippen LogP contribution < -0.4 is 15.4 Å². The number of hydrogen-bond donors (Lipinski definition) is 2. The van der Waals surface area contributed by atoms with Crippen LogP contribution in [0.2, 0.25) is 0 Å². The van der Waals surface area contributed by atoms with Gasteiger partial charge in [0.15, 0.2) is 11.6 Å². The summed E-state index contributed by atoms with van der Waals surface area (Å²) in [6.07, 6.45) is 6.32. The first-order valence-corrected chi connectivity index (χ1v) is 7.14. The fraction of sp³-hybridized carbons (Fsp3) is 0.714. The first-order chi connectivity index (χ1) is 9.24. The van der Waals surface area contributed by atoms with E-state index < -0.39 is 0 Å². The molecule has 5 nitrogen and oxygen atoms in total. The number of nitrogens with one attached hydrogen (secondary N) is 2. The molecule has 5 heteroatoms. The zero-order valence-electron chi connectivity index (χ0n) is 12.1. The van der Waals surface area contributed by atoms with E-state index in [1.165, 1.54) is 19.3 Å². The van der Waals surface area contributed by atoms with E-state index in [9.17, 15) is 0 Å². The molecule has 1 aliphatic carbocycles. The Morgan fingerprint density at radius 3 is 2.74 bits per heavy atom. The van der Waals surface area contributed by atoms with Crippen LogP contribution in [0.3, 0.4) is 0 Å². The average Bonchev–Trinajstić information content (AvgIpc) is 2.82. The smallest absolute Gasteiger partial charge is 0.204 e. The zero-order chi connectivity index (χ0) is 13.7. The van der Waals surface area contributed by atoms with E-state index in [0.29, 0.717) is 6.04 Å². The quantitative estimate of drug-likeness (QED) is 0.827. The van der Waals surface area contributed by atoms with Gasteiger partial charge in [-0.25, -0.2) is 9.97 Å². The normalized spacial score (nSPS) is 22.3. The summed E-state index contributed by atoms with van der Waals surface area (Å²) in [5.41, 5.74) is 0. The van der Waals surface area contributed by atoms with Gasteiger partial charge in [0.2, 0.25) is 5.75 Å². The van der Waals surface area contributed by atoms with Gasteiger partial charge in [0.1, 0.15) is 6.33 Å². The monoisotopic (exact) mass is 264 g/mol. The molecular weight excluding hydrogens is 240 g/mol. The second-order valence-corrected chi connectivity index (χ2v) is 5.29. The van der Waals surface area contributed by atoms with Gasteiger partial charge in [-0.05, 0) is 31.6 Å². The van der Waals surface area contributed by atoms with Crippen molar-refractivity contribution in [3.63, 3.8) is 0 Å². The highest BCUT2D eigenvalue weighted by atomic mass is 16.5. The van der Waals surface area contributed by atoms with E-state index in [1.54, 1.807) is 13.4 Å². The molecule has 2 atom stereocenters. The molecule has 2 N–H and O–H groups in total. The Balaban J connectivity index is 2.10. The van der Waals surface area contributed by atoms with Crippen LogP contribution in [0.4, 0.5) is 11.6 Å². The van der Waals surface area contributed by atoms with E-state index >= 15 is 0 Å². The van der Waals surface area contributed by atoms with Gasteiger partial charge in [-0.15, -0.1) is 0 Å². The average molecular weight is 264 g/mol. The molecule has 0 amide bonds. The minimum Gasteiger partial charge on any atom is -0.490 e. The Morgan fingerprint density at radius 1 is 1.32 bits per heavy atom. The molecule has 1 fully saturated rings. The second-order valence-electron chi connectivity index (χ2n) is 5.29. The summed E-state index contributed by atoms with van der Waals surface area (Å²) in [6.45, 7) is 5.31. The van der Waals surface area contributed by atoms with Crippen LogP contribution in [-0.4, -0.2) is 29.7 Å². The second kappa shape index (κ2) is 6.59. The van der Waals surface area contributed by atoms with Gasteiger partial charge in [-0.1, -0.05) is 13.8 Å². The van der Waals surface area contributed by atoms with Crippen molar-refractivity contribution in [3.05, 3.63) is 6.33 Å². The summed E-state index contributed by atoms with van der Waals surface area (Å²) >= 11 is 0. The van der Waals surface area contributed by atoms with Crippen molar-refractivity contribution in [2.75, 3.05) is 24.3 Å². The molecule has 106 valence electrons. The van der Waals surface area contributed by atoms with Crippen molar-refractivity contribution >= 4 is 11.6 Å². The molecular formula is C14H24N4O.